The third-order valence-corrected chi connectivity index (χ3v) is 4.00. The molecule has 1 N–H and O–H groups in total. The fraction of sp³-hybridized carbons (Fsp3) is 0.600. The zero-order valence-corrected chi connectivity index (χ0v) is 12.6. The largest absolute Gasteiger partial charge is 0.311 e. The molecule has 0 spiro atoms. The highest BCUT2D eigenvalue weighted by atomic mass is 35.5. The minimum Gasteiger partial charge on any atom is -0.311 e. The Kier molecular flexibility index (Phi) is 4.49. The first-order valence-corrected chi connectivity index (χ1v) is 7.14. The molecule has 2 rings (SSSR count). The Morgan fingerprint density at radius 2 is 2.16 bits per heavy atom. The quantitative estimate of drug-likeness (QED) is 0.896. The molecule has 0 aliphatic carbocycles. The number of hydrogen-bond acceptors (Lipinski definition) is 2. The predicted octanol–water partition coefficient (Wildman–Crippen LogP) is 3.30. The summed E-state index contributed by atoms with van der Waals surface area (Å²) in [5, 5.41) is 3.75. The number of halogens is 2. The van der Waals surface area contributed by atoms with Crippen LogP contribution in [0.25, 0.3) is 0 Å². The van der Waals surface area contributed by atoms with E-state index in [0.29, 0.717) is 6.04 Å². The van der Waals surface area contributed by atoms with Gasteiger partial charge in [0.15, 0.2) is 0 Å². The lowest BCUT2D eigenvalue weighted by Crippen LogP contribution is -2.55. The molecule has 19 heavy (non-hydrogen) atoms. The lowest BCUT2D eigenvalue weighted by molar-refractivity contribution is 0.129. The Labute approximate surface area is 119 Å². The summed E-state index contributed by atoms with van der Waals surface area (Å²) in [6, 6.07) is 5.55. The highest BCUT2D eigenvalue weighted by molar-refractivity contribution is 6.30. The monoisotopic (exact) mass is 284 g/mol. The normalized spacial score (nSPS) is 21.6. The van der Waals surface area contributed by atoms with Crippen LogP contribution in [0.3, 0.4) is 0 Å². The van der Waals surface area contributed by atoms with Gasteiger partial charge in [-0.15, -0.1) is 0 Å². The molecule has 1 saturated heterocycles. The number of benzene rings is 1. The van der Waals surface area contributed by atoms with Gasteiger partial charge in [-0.2, -0.15) is 0 Å². The predicted molar refractivity (Wildman–Crippen MR) is 77.9 cm³/mol. The van der Waals surface area contributed by atoms with Crippen molar-refractivity contribution >= 4 is 11.6 Å². The number of rotatable bonds is 2. The van der Waals surface area contributed by atoms with Crippen molar-refractivity contribution in [1.29, 1.82) is 0 Å². The molecule has 1 heterocycles. The Morgan fingerprint density at radius 1 is 1.42 bits per heavy atom. The summed E-state index contributed by atoms with van der Waals surface area (Å²) < 4.78 is 13.4. The minimum absolute atomic E-state index is 0.191. The minimum atomic E-state index is -0.332. The summed E-state index contributed by atoms with van der Waals surface area (Å²) in [6.45, 7) is 10.5. The van der Waals surface area contributed by atoms with Gasteiger partial charge in [-0.05, 0) is 23.1 Å². The van der Waals surface area contributed by atoms with Crippen molar-refractivity contribution in [1.82, 2.24) is 10.2 Å². The molecule has 1 unspecified atom stereocenters. The van der Waals surface area contributed by atoms with Crippen molar-refractivity contribution in [2.45, 2.75) is 33.4 Å². The van der Waals surface area contributed by atoms with E-state index in [0.717, 1.165) is 31.7 Å². The molecule has 1 fully saturated rings. The molecule has 1 aliphatic rings. The van der Waals surface area contributed by atoms with E-state index in [4.69, 9.17) is 11.6 Å². The average molecular weight is 285 g/mol. The highest BCUT2D eigenvalue weighted by Crippen LogP contribution is 2.23. The van der Waals surface area contributed by atoms with E-state index in [1.165, 1.54) is 6.07 Å². The topological polar surface area (TPSA) is 15.3 Å². The average Bonchev–Trinajstić information content (AvgIpc) is 2.33. The van der Waals surface area contributed by atoms with Gasteiger partial charge in [-0.25, -0.2) is 4.39 Å². The maximum absolute atomic E-state index is 13.4. The van der Waals surface area contributed by atoms with Crippen molar-refractivity contribution in [3.05, 3.63) is 34.6 Å². The summed E-state index contributed by atoms with van der Waals surface area (Å²) in [5.74, 6) is -0.332. The van der Waals surface area contributed by atoms with Gasteiger partial charge in [0.25, 0.3) is 0 Å². The molecule has 2 nitrogen and oxygen atoms in total. The van der Waals surface area contributed by atoms with Crippen molar-refractivity contribution in [3.8, 4) is 0 Å². The first-order valence-electron chi connectivity index (χ1n) is 6.76. The van der Waals surface area contributed by atoms with Crippen LogP contribution >= 0.6 is 11.6 Å². The Hall–Kier alpha value is -0.640. The maximum Gasteiger partial charge on any atom is 0.142 e. The molecule has 0 amide bonds. The Morgan fingerprint density at radius 3 is 2.79 bits per heavy atom. The van der Waals surface area contributed by atoms with Crippen LogP contribution in [0.1, 0.15) is 26.3 Å². The molecule has 0 aromatic heterocycles. The van der Waals surface area contributed by atoms with Gasteiger partial charge in [0.1, 0.15) is 5.82 Å². The summed E-state index contributed by atoms with van der Waals surface area (Å²) in [5.41, 5.74) is 1.22. The van der Waals surface area contributed by atoms with Gasteiger partial charge >= 0.3 is 0 Å². The molecule has 1 atom stereocenters. The molecular weight excluding hydrogens is 263 g/mol. The van der Waals surface area contributed by atoms with Crippen LogP contribution in [0.4, 0.5) is 4.39 Å². The molecular formula is C15H22ClFN2. The summed E-state index contributed by atoms with van der Waals surface area (Å²) in [4.78, 5) is 2.37. The van der Waals surface area contributed by atoms with Gasteiger partial charge in [0, 0.05) is 32.2 Å². The summed E-state index contributed by atoms with van der Waals surface area (Å²) in [7, 11) is 0. The van der Waals surface area contributed by atoms with Crippen LogP contribution in [0.15, 0.2) is 18.2 Å². The molecule has 0 bridgehead atoms. The summed E-state index contributed by atoms with van der Waals surface area (Å²) in [6.07, 6.45) is 0. The smallest absolute Gasteiger partial charge is 0.142 e. The van der Waals surface area contributed by atoms with Gasteiger partial charge in [-0.1, -0.05) is 38.4 Å². The number of piperazine rings is 1. The standard InChI is InChI=1S/C15H22ClFN2/c1-15(2,3)14-10-19(7-6-18-14)9-11-4-5-12(16)13(17)8-11/h4-5,8,14,18H,6-7,9-10H2,1-3H3. The van der Waals surface area contributed by atoms with E-state index < -0.39 is 0 Å². The third-order valence-electron chi connectivity index (χ3n) is 3.70. The van der Waals surface area contributed by atoms with Gasteiger partial charge in [-0.3, -0.25) is 4.90 Å². The second-order valence-corrected chi connectivity index (χ2v) is 6.76. The number of nitrogens with one attached hydrogen (secondary N) is 1. The molecule has 1 aliphatic heterocycles. The molecule has 106 valence electrons. The molecule has 1 aromatic carbocycles. The van der Waals surface area contributed by atoms with Gasteiger partial charge < -0.3 is 5.32 Å². The summed E-state index contributed by atoms with van der Waals surface area (Å²) >= 11 is 5.71. The van der Waals surface area contributed by atoms with Crippen LogP contribution in [0.5, 0.6) is 0 Å². The number of hydrogen-bond donors (Lipinski definition) is 1. The van der Waals surface area contributed by atoms with E-state index in [-0.39, 0.29) is 16.3 Å². The second-order valence-electron chi connectivity index (χ2n) is 6.36. The lowest BCUT2D eigenvalue weighted by atomic mass is 9.85. The number of nitrogens with zero attached hydrogens (tertiary/aromatic N) is 1. The lowest BCUT2D eigenvalue weighted by Gasteiger charge is -2.40. The SMILES string of the molecule is CC(C)(C)C1CN(Cc2ccc(Cl)c(F)c2)CCN1. The Bertz CT molecular complexity index is 442. The Balaban J connectivity index is 2.00. The van der Waals surface area contributed by atoms with Crippen LogP contribution in [0.2, 0.25) is 5.02 Å². The zero-order chi connectivity index (χ0) is 14.0. The van der Waals surface area contributed by atoms with E-state index in [1.807, 2.05) is 6.07 Å². The molecule has 1 aromatic rings. The van der Waals surface area contributed by atoms with E-state index >= 15 is 0 Å². The van der Waals surface area contributed by atoms with Crippen molar-refractivity contribution in [2.75, 3.05) is 19.6 Å². The molecule has 0 saturated carbocycles. The fourth-order valence-corrected chi connectivity index (χ4v) is 2.55. The second kappa shape index (κ2) is 5.78. The van der Waals surface area contributed by atoms with Crippen LogP contribution in [0, 0.1) is 11.2 Å². The van der Waals surface area contributed by atoms with Crippen molar-refractivity contribution in [2.24, 2.45) is 5.41 Å². The van der Waals surface area contributed by atoms with E-state index in [9.17, 15) is 4.39 Å². The van der Waals surface area contributed by atoms with Crippen LogP contribution in [-0.2, 0) is 6.54 Å². The highest BCUT2D eigenvalue weighted by Gasteiger charge is 2.29. The van der Waals surface area contributed by atoms with E-state index in [2.05, 4.69) is 31.0 Å². The van der Waals surface area contributed by atoms with Gasteiger partial charge in [0.05, 0.1) is 5.02 Å². The third kappa shape index (κ3) is 3.91. The van der Waals surface area contributed by atoms with Crippen molar-refractivity contribution < 1.29 is 4.39 Å². The fourth-order valence-electron chi connectivity index (χ4n) is 2.43. The van der Waals surface area contributed by atoms with Crippen LogP contribution < -0.4 is 5.32 Å². The first-order chi connectivity index (χ1) is 8.86. The van der Waals surface area contributed by atoms with E-state index in [1.54, 1.807) is 6.07 Å². The van der Waals surface area contributed by atoms with Crippen molar-refractivity contribution in [3.63, 3.8) is 0 Å². The molecule has 0 radical (unpaired) electrons. The van der Waals surface area contributed by atoms with Crippen LogP contribution in [-0.4, -0.2) is 30.6 Å². The molecule has 4 heteroatoms. The first kappa shape index (κ1) is 14.8. The maximum atomic E-state index is 13.4. The zero-order valence-electron chi connectivity index (χ0n) is 11.8. The van der Waals surface area contributed by atoms with Gasteiger partial charge in [0.2, 0.25) is 0 Å².